The van der Waals surface area contributed by atoms with Gasteiger partial charge in [-0.25, -0.2) is 0 Å². The molecule has 180 valence electrons. The molecule has 0 fully saturated rings. The molecule has 4 aromatic carbocycles. The van der Waals surface area contributed by atoms with Gasteiger partial charge in [0, 0.05) is 5.56 Å². The number of nitrogens with zero attached hydrogens (tertiary/aromatic N) is 1. The van der Waals surface area contributed by atoms with Crippen LogP contribution in [0.5, 0.6) is 11.5 Å². The molecule has 0 bridgehead atoms. The smallest absolute Gasteiger partial charge is 0.266 e. The highest BCUT2D eigenvalue weighted by Gasteiger charge is 2.16. The van der Waals surface area contributed by atoms with Gasteiger partial charge in [0.1, 0.15) is 18.2 Å². The second kappa shape index (κ2) is 11.3. The van der Waals surface area contributed by atoms with Crippen molar-refractivity contribution in [1.82, 2.24) is 0 Å². The second-order valence-electron chi connectivity index (χ2n) is 8.01. The molecule has 0 saturated carbocycles. The maximum atomic E-state index is 12.7. The van der Waals surface area contributed by atoms with Crippen LogP contribution in [0.2, 0.25) is 5.02 Å². The number of carbonyl (C=O) groups excluding carboxylic acids is 1. The fourth-order valence-corrected chi connectivity index (χ4v) is 4.57. The Morgan fingerprint density at radius 1 is 1.11 bits per heavy atom. The van der Waals surface area contributed by atoms with Gasteiger partial charge < -0.3 is 14.8 Å². The zero-order valence-electron chi connectivity index (χ0n) is 19.6. The molecule has 0 radical (unpaired) electrons. The number of carbonyl (C=O) groups is 1. The minimum atomic E-state index is -0.563. The molecule has 0 unspecified atom stereocenters. The van der Waals surface area contributed by atoms with Gasteiger partial charge in [-0.05, 0) is 75.1 Å². The first-order valence-corrected chi connectivity index (χ1v) is 12.2. The standard InChI is InChI=1S/C29H22BrClN2O3/c1-18-11-12-20-7-3-4-8-22(20)23(18)17-36-28-24(30)14-19(15-27(28)35-2)13-21(16-32)29(34)33-26-10-6-5-9-25(26)31/h3-15H,17H2,1-2H3,(H,33,34)/b21-13+. The van der Waals surface area contributed by atoms with E-state index in [-0.39, 0.29) is 5.57 Å². The summed E-state index contributed by atoms with van der Waals surface area (Å²) in [5, 5.41) is 14.9. The lowest BCUT2D eigenvalue weighted by Crippen LogP contribution is -2.13. The third-order valence-electron chi connectivity index (χ3n) is 5.69. The van der Waals surface area contributed by atoms with Crippen LogP contribution < -0.4 is 14.8 Å². The van der Waals surface area contributed by atoms with Crippen LogP contribution in [-0.4, -0.2) is 13.0 Å². The Hall–Kier alpha value is -3.79. The molecule has 5 nitrogen and oxygen atoms in total. The number of nitrogens with one attached hydrogen (secondary N) is 1. The number of hydrogen-bond acceptors (Lipinski definition) is 4. The fourth-order valence-electron chi connectivity index (χ4n) is 3.81. The first-order valence-electron chi connectivity index (χ1n) is 11.1. The Labute approximate surface area is 223 Å². The number of hydrogen-bond donors (Lipinski definition) is 1. The number of benzene rings is 4. The molecule has 0 atom stereocenters. The van der Waals surface area contributed by atoms with E-state index in [4.69, 9.17) is 21.1 Å². The molecule has 4 aromatic rings. The van der Waals surface area contributed by atoms with Gasteiger partial charge in [0.25, 0.3) is 5.91 Å². The molecule has 0 heterocycles. The van der Waals surface area contributed by atoms with Crippen molar-refractivity contribution in [2.45, 2.75) is 13.5 Å². The van der Waals surface area contributed by atoms with E-state index in [1.54, 1.807) is 43.5 Å². The van der Waals surface area contributed by atoms with E-state index >= 15 is 0 Å². The van der Waals surface area contributed by atoms with Gasteiger partial charge in [-0.2, -0.15) is 5.26 Å². The first-order chi connectivity index (χ1) is 17.4. The highest BCUT2D eigenvalue weighted by atomic mass is 79.9. The zero-order chi connectivity index (χ0) is 25.7. The van der Waals surface area contributed by atoms with Crippen LogP contribution in [0.3, 0.4) is 0 Å². The molecular weight excluding hydrogens is 540 g/mol. The van der Waals surface area contributed by atoms with Gasteiger partial charge >= 0.3 is 0 Å². The average molecular weight is 562 g/mol. The predicted octanol–water partition coefficient (Wildman–Crippen LogP) is 7.70. The number of para-hydroxylation sites is 1. The number of fused-ring (bicyclic) bond motifs is 1. The third kappa shape index (κ3) is 5.54. The molecule has 0 aliphatic rings. The Balaban J connectivity index is 1.60. The first kappa shape index (κ1) is 25.3. The summed E-state index contributed by atoms with van der Waals surface area (Å²) >= 11 is 9.67. The van der Waals surface area contributed by atoms with Crippen LogP contribution in [0.1, 0.15) is 16.7 Å². The zero-order valence-corrected chi connectivity index (χ0v) is 22.0. The summed E-state index contributed by atoms with van der Waals surface area (Å²) in [6.07, 6.45) is 1.48. The van der Waals surface area contributed by atoms with Gasteiger partial charge in [-0.3, -0.25) is 4.79 Å². The van der Waals surface area contributed by atoms with E-state index in [9.17, 15) is 10.1 Å². The van der Waals surface area contributed by atoms with Gasteiger partial charge in [-0.15, -0.1) is 0 Å². The van der Waals surface area contributed by atoms with Crippen LogP contribution in [0.15, 0.2) is 82.8 Å². The molecule has 4 rings (SSSR count). The number of anilines is 1. The molecule has 7 heteroatoms. The quantitative estimate of drug-likeness (QED) is 0.185. The summed E-state index contributed by atoms with van der Waals surface area (Å²) in [4.78, 5) is 12.7. The molecule has 0 spiro atoms. The van der Waals surface area contributed by atoms with Crippen molar-refractivity contribution in [3.05, 3.63) is 105 Å². The second-order valence-corrected chi connectivity index (χ2v) is 9.27. The maximum Gasteiger partial charge on any atom is 0.266 e. The van der Waals surface area contributed by atoms with Crippen molar-refractivity contribution >= 4 is 56.0 Å². The van der Waals surface area contributed by atoms with Gasteiger partial charge in [-0.1, -0.05) is 60.1 Å². The molecule has 0 aromatic heterocycles. The number of halogens is 2. The topological polar surface area (TPSA) is 71.3 Å². The lowest BCUT2D eigenvalue weighted by molar-refractivity contribution is -0.112. The lowest BCUT2D eigenvalue weighted by atomic mass is 10.0. The van der Waals surface area contributed by atoms with Crippen LogP contribution in [0.4, 0.5) is 5.69 Å². The SMILES string of the molecule is COc1cc(/C=C(\C#N)C(=O)Nc2ccccc2Cl)cc(Br)c1OCc1c(C)ccc2ccccc12. The highest BCUT2D eigenvalue weighted by molar-refractivity contribution is 9.10. The van der Waals surface area contributed by atoms with Gasteiger partial charge in [0.2, 0.25) is 0 Å². The molecule has 0 aliphatic heterocycles. The highest BCUT2D eigenvalue weighted by Crippen LogP contribution is 2.38. The number of methoxy groups -OCH3 is 1. The Kier molecular flexibility index (Phi) is 7.94. The van der Waals surface area contributed by atoms with E-state index in [1.807, 2.05) is 18.2 Å². The number of nitriles is 1. The van der Waals surface area contributed by atoms with E-state index in [2.05, 4.69) is 52.4 Å². The summed E-state index contributed by atoms with van der Waals surface area (Å²) in [5.74, 6) is 0.436. The van der Waals surface area contributed by atoms with Crippen LogP contribution in [0.25, 0.3) is 16.8 Å². The minimum absolute atomic E-state index is 0.0797. The summed E-state index contributed by atoms with van der Waals surface area (Å²) < 4.78 is 12.4. The van der Waals surface area contributed by atoms with Crippen LogP contribution in [0, 0.1) is 18.3 Å². The molecule has 36 heavy (non-hydrogen) atoms. The summed E-state index contributed by atoms with van der Waals surface area (Å²) in [6.45, 7) is 2.41. The van der Waals surface area contributed by atoms with Crippen molar-refractivity contribution in [1.29, 1.82) is 5.26 Å². The maximum absolute atomic E-state index is 12.7. The molecular formula is C29H22BrClN2O3. The Morgan fingerprint density at radius 2 is 1.86 bits per heavy atom. The number of aryl methyl sites for hydroxylation is 1. The fraction of sp³-hybridized carbons (Fsp3) is 0.103. The largest absolute Gasteiger partial charge is 0.493 e. The summed E-state index contributed by atoms with van der Waals surface area (Å²) in [7, 11) is 1.54. The normalized spacial score (nSPS) is 11.1. The van der Waals surface area contributed by atoms with Crippen LogP contribution in [-0.2, 0) is 11.4 Å². The van der Waals surface area contributed by atoms with Crippen molar-refractivity contribution in [2.24, 2.45) is 0 Å². The van der Waals surface area contributed by atoms with E-state index in [1.165, 1.54) is 6.08 Å². The predicted molar refractivity (Wildman–Crippen MR) is 147 cm³/mol. The Morgan fingerprint density at radius 3 is 2.61 bits per heavy atom. The third-order valence-corrected chi connectivity index (χ3v) is 6.60. The van der Waals surface area contributed by atoms with Gasteiger partial charge in [0.15, 0.2) is 11.5 Å². The van der Waals surface area contributed by atoms with E-state index < -0.39 is 5.91 Å². The Bertz CT molecular complexity index is 1530. The number of ether oxygens (including phenoxy) is 2. The summed E-state index contributed by atoms with van der Waals surface area (Å²) in [6, 6.07) is 24.6. The number of rotatable bonds is 7. The van der Waals surface area contributed by atoms with Crippen molar-refractivity contribution in [3.8, 4) is 17.6 Å². The minimum Gasteiger partial charge on any atom is -0.493 e. The van der Waals surface area contributed by atoms with Gasteiger partial charge in [0.05, 0.1) is 22.3 Å². The lowest BCUT2D eigenvalue weighted by Gasteiger charge is -2.16. The molecule has 1 N–H and O–H groups in total. The average Bonchev–Trinajstić information content (AvgIpc) is 2.88. The summed E-state index contributed by atoms with van der Waals surface area (Å²) in [5.41, 5.74) is 3.17. The number of amides is 1. The molecule has 0 saturated heterocycles. The molecule has 1 amide bonds. The van der Waals surface area contributed by atoms with Crippen LogP contribution >= 0.6 is 27.5 Å². The van der Waals surface area contributed by atoms with E-state index in [0.717, 1.165) is 21.9 Å². The molecule has 0 aliphatic carbocycles. The van der Waals surface area contributed by atoms with Crippen molar-refractivity contribution < 1.29 is 14.3 Å². The van der Waals surface area contributed by atoms with E-state index in [0.29, 0.717) is 38.9 Å². The monoisotopic (exact) mass is 560 g/mol. The van der Waals surface area contributed by atoms with Crippen molar-refractivity contribution in [3.63, 3.8) is 0 Å². The van der Waals surface area contributed by atoms with Crippen molar-refractivity contribution in [2.75, 3.05) is 12.4 Å².